The zero-order chi connectivity index (χ0) is 17.9. The third-order valence-electron chi connectivity index (χ3n) is 2.86. The SMILES string of the molecule is [2H]C([2H])([2H])N(C(=O)C(C)CSC)c1cn(-c2cccnc2)nc1Cl. The van der Waals surface area contributed by atoms with Crippen LogP contribution < -0.4 is 4.90 Å². The van der Waals surface area contributed by atoms with Gasteiger partial charge < -0.3 is 4.90 Å². The molecule has 2 aromatic heterocycles. The third-order valence-corrected chi connectivity index (χ3v) is 3.96. The van der Waals surface area contributed by atoms with Crippen molar-refractivity contribution in [3.05, 3.63) is 35.9 Å². The molecule has 1 unspecified atom stereocenters. The van der Waals surface area contributed by atoms with Crippen LogP contribution in [0.25, 0.3) is 5.69 Å². The van der Waals surface area contributed by atoms with Crippen LogP contribution in [-0.2, 0) is 4.79 Å². The maximum Gasteiger partial charge on any atom is 0.230 e. The predicted octanol–water partition coefficient (Wildman–Crippen LogP) is 2.88. The molecule has 0 aliphatic rings. The number of thioether (sulfide) groups is 1. The van der Waals surface area contributed by atoms with Crippen LogP contribution in [0.4, 0.5) is 5.69 Å². The fraction of sp³-hybridized carbons (Fsp3) is 0.357. The molecule has 2 aromatic rings. The number of aromatic nitrogens is 3. The van der Waals surface area contributed by atoms with Crippen molar-refractivity contribution in [2.75, 3.05) is 23.9 Å². The van der Waals surface area contributed by atoms with E-state index in [0.717, 1.165) is 4.90 Å². The highest BCUT2D eigenvalue weighted by Gasteiger charge is 2.22. The molecule has 0 saturated carbocycles. The summed E-state index contributed by atoms with van der Waals surface area (Å²) in [5.41, 5.74) is 0.666. The molecule has 0 saturated heterocycles. The number of carbonyl (C=O) groups excluding carboxylic acids is 1. The summed E-state index contributed by atoms with van der Waals surface area (Å²) in [7, 11) is 0. The molecule has 2 heterocycles. The van der Waals surface area contributed by atoms with Crippen LogP contribution in [0.15, 0.2) is 30.7 Å². The van der Waals surface area contributed by atoms with Gasteiger partial charge in [-0.15, -0.1) is 0 Å². The van der Waals surface area contributed by atoms with E-state index in [2.05, 4.69) is 10.1 Å². The molecule has 0 aliphatic carbocycles. The standard InChI is InChI=1S/C14H17ClN4OS/c1-10(9-21-3)14(20)18(2)12-8-19(17-13(12)15)11-5-4-6-16-7-11/h4-8,10H,9H2,1-3H3/i2D3. The lowest BCUT2D eigenvalue weighted by Crippen LogP contribution is -2.32. The number of halogens is 1. The average molecular weight is 328 g/mol. The van der Waals surface area contributed by atoms with E-state index in [1.807, 2.05) is 6.26 Å². The number of hydrogen-bond acceptors (Lipinski definition) is 4. The second-order valence-corrected chi connectivity index (χ2v) is 5.76. The Kier molecular flexibility index (Phi) is 3.99. The van der Waals surface area contributed by atoms with Crippen molar-refractivity contribution >= 4 is 35.0 Å². The Morgan fingerprint density at radius 3 is 3.10 bits per heavy atom. The Bertz CT molecular complexity index is 708. The Hall–Kier alpha value is -1.53. The van der Waals surface area contributed by atoms with Crippen molar-refractivity contribution in [2.45, 2.75) is 6.92 Å². The molecule has 1 atom stereocenters. The normalized spacial score (nSPS) is 14.9. The van der Waals surface area contributed by atoms with E-state index in [9.17, 15) is 4.79 Å². The summed E-state index contributed by atoms with van der Waals surface area (Å²) in [5.74, 6) is -0.463. The first kappa shape index (κ1) is 12.1. The maximum absolute atomic E-state index is 12.6. The lowest BCUT2D eigenvalue weighted by molar-refractivity contribution is -0.120. The number of carbonyl (C=O) groups is 1. The third kappa shape index (κ3) is 3.57. The number of amides is 1. The number of pyridine rings is 1. The summed E-state index contributed by atoms with van der Waals surface area (Å²) in [6, 6.07) is 3.47. The van der Waals surface area contributed by atoms with Crippen LogP contribution in [0.1, 0.15) is 11.0 Å². The van der Waals surface area contributed by atoms with Crippen LogP contribution in [0.2, 0.25) is 5.15 Å². The molecule has 0 bridgehead atoms. The van der Waals surface area contributed by atoms with Crippen molar-refractivity contribution in [3.8, 4) is 5.69 Å². The molecule has 2 rings (SSSR count). The van der Waals surface area contributed by atoms with Gasteiger partial charge in [-0.1, -0.05) is 18.5 Å². The molecule has 21 heavy (non-hydrogen) atoms. The Labute approximate surface area is 137 Å². The van der Waals surface area contributed by atoms with Gasteiger partial charge in [0.25, 0.3) is 0 Å². The molecule has 112 valence electrons. The van der Waals surface area contributed by atoms with E-state index in [-0.39, 0.29) is 10.8 Å². The van der Waals surface area contributed by atoms with E-state index in [0.29, 0.717) is 11.4 Å². The highest BCUT2D eigenvalue weighted by Crippen LogP contribution is 2.26. The van der Waals surface area contributed by atoms with Crippen LogP contribution >= 0.6 is 23.4 Å². The van der Waals surface area contributed by atoms with Crippen LogP contribution in [0.3, 0.4) is 0 Å². The highest BCUT2D eigenvalue weighted by molar-refractivity contribution is 7.98. The monoisotopic (exact) mass is 327 g/mol. The Morgan fingerprint density at radius 1 is 1.67 bits per heavy atom. The summed E-state index contributed by atoms with van der Waals surface area (Å²) in [6.45, 7) is -0.965. The van der Waals surface area contributed by atoms with Gasteiger partial charge in [0.2, 0.25) is 5.91 Å². The molecule has 7 heteroatoms. The zero-order valence-corrected chi connectivity index (χ0v) is 13.2. The van der Waals surface area contributed by atoms with Gasteiger partial charge in [0.15, 0.2) is 5.15 Å². The quantitative estimate of drug-likeness (QED) is 0.847. The molecular weight excluding hydrogens is 308 g/mol. The second-order valence-electron chi connectivity index (χ2n) is 4.49. The molecule has 0 aromatic carbocycles. The van der Waals surface area contributed by atoms with Crippen molar-refractivity contribution in [1.82, 2.24) is 14.8 Å². The van der Waals surface area contributed by atoms with Crippen LogP contribution in [-0.4, -0.2) is 39.7 Å². The number of hydrogen-bond donors (Lipinski definition) is 0. The fourth-order valence-electron chi connectivity index (χ4n) is 1.78. The number of anilines is 1. The predicted molar refractivity (Wildman–Crippen MR) is 87.3 cm³/mol. The van der Waals surface area contributed by atoms with Gasteiger partial charge in [-0.05, 0) is 18.4 Å². The minimum absolute atomic E-state index is 0.0541. The smallest absolute Gasteiger partial charge is 0.230 e. The van der Waals surface area contributed by atoms with Gasteiger partial charge in [0, 0.05) is 29.0 Å². The Balaban J connectivity index is 2.45. The highest BCUT2D eigenvalue weighted by atomic mass is 35.5. The first-order chi connectivity index (χ1) is 11.3. The van der Waals surface area contributed by atoms with Gasteiger partial charge in [0.1, 0.15) is 5.69 Å². The van der Waals surface area contributed by atoms with E-state index in [1.54, 1.807) is 31.5 Å². The fourth-order valence-corrected chi connectivity index (χ4v) is 2.63. The minimum atomic E-state index is -2.66. The van der Waals surface area contributed by atoms with E-state index in [1.165, 1.54) is 22.6 Å². The molecule has 5 nitrogen and oxygen atoms in total. The summed E-state index contributed by atoms with van der Waals surface area (Å²) >= 11 is 7.59. The number of nitrogens with zero attached hydrogens (tertiary/aromatic N) is 4. The molecule has 0 radical (unpaired) electrons. The van der Waals surface area contributed by atoms with Crippen LogP contribution in [0, 0.1) is 5.92 Å². The second kappa shape index (κ2) is 6.95. The van der Waals surface area contributed by atoms with Gasteiger partial charge in [-0.3, -0.25) is 9.78 Å². The van der Waals surface area contributed by atoms with Crippen molar-refractivity contribution < 1.29 is 8.91 Å². The summed E-state index contributed by atoms with van der Waals surface area (Å²) in [6.07, 6.45) is 6.45. The Morgan fingerprint density at radius 2 is 2.48 bits per heavy atom. The summed E-state index contributed by atoms with van der Waals surface area (Å²) in [4.78, 5) is 17.4. The maximum atomic E-state index is 12.6. The minimum Gasteiger partial charge on any atom is -0.311 e. The van der Waals surface area contributed by atoms with E-state index in [4.69, 9.17) is 15.7 Å². The molecular formula is C14H17ClN4OS. The van der Waals surface area contributed by atoms with Gasteiger partial charge >= 0.3 is 0 Å². The van der Waals surface area contributed by atoms with E-state index < -0.39 is 18.8 Å². The van der Waals surface area contributed by atoms with Gasteiger partial charge in [0.05, 0.1) is 18.1 Å². The first-order valence-electron chi connectivity index (χ1n) is 7.74. The van der Waals surface area contributed by atoms with Crippen molar-refractivity contribution in [3.63, 3.8) is 0 Å². The topological polar surface area (TPSA) is 51.0 Å². The largest absolute Gasteiger partial charge is 0.311 e. The lowest BCUT2D eigenvalue weighted by atomic mass is 10.2. The van der Waals surface area contributed by atoms with Crippen molar-refractivity contribution in [2.24, 2.45) is 5.92 Å². The van der Waals surface area contributed by atoms with Crippen molar-refractivity contribution in [1.29, 1.82) is 0 Å². The first-order valence-corrected chi connectivity index (χ1v) is 8.01. The molecule has 0 aliphatic heterocycles. The molecule has 0 N–H and O–H groups in total. The summed E-state index contributed by atoms with van der Waals surface area (Å²) < 4.78 is 24.5. The average Bonchev–Trinajstić information content (AvgIpc) is 2.89. The van der Waals surface area contributed by atoms with Gasteiger partial charge in [-0.25, -0.2) is 4.68 Å². The van der Waals surface area contributed by atoms with Gasteiger partial charge in [-0.2, -0.15) is 16.9 Å². The zero-order valence-electron chi connectivity index (χ0n) is 14.7. The van der Waals surface area contributed by atoms with Crippen LogP contribution in [0.5, 0.6) is 0 Å². The van der Waals surface area contributed by atoms with E-state index >= 15 is 0 Å². The lowest BCUT2D eigenvalue weighted by Gasteiger charge is -2.19. The molecule has 1 amide bonds. The molecule has 0 fully saturated rings. The number of rotatable bonds is 5. The summed E-state index contributed by atoms with van der Waals surface area (Å²) in [5, 5.41) is 4.04. The molecule has 0 spiro atoms.